The maximum absolute atomic E-state index is 11.8. The molecule has 0 radical (unpaired) electrons. The van der Waals surface area contributed by atoms with Crippen LogP contribution in [0.15, 0.2) is 12.2 Å². The van der Waals surface area contributed by atoms with Crippen LogP contribution in [0.4, 0.5) is 0 Å². The van der Waals surface area contributed by atoms with Gasteiger partial charge in [-0.15, -0.1) is 0 Å². The van der Waals surface area contributed by atoms with E-state index in [1.54, 1.807) is 0 Å². The predicted molar refractivity (Wildman–Crippen MR) is 127 cm³/mol. The number of unbranched alkanes of at least 4 members (excludes halogenated alkanes) is 11. The molecule has 0 rings (SSSR count). The van der Waals surface area contributed by atoms with Gasteiger partial charge in [-0.05, 0) is 38.5 Å². The number of hydrogen-bond acceptors (Lipinski definition) is 1. The maximum Gasteiger partial charge on any atom is 0.219 e. The van der Waals surface area contributed by atoms with E-state index in [1.807, 2.05) is 0 Å². The molecule has 0 spiro atoms. The van der Waals surface area contributed by atoms with Gasteiger partial charge in [0.15, 0.2) is 0 Å². The summed E-state index contributed by atoms with van der Waals surface area (Å²) in [6.07, 6.45) is 24.8. The molecular weight excluding hydrogens is 385 g/mol. The largest absolute Gasteiger partial charge is 1.00 e. The molecule has 2 nitrogen and oxygen atoms in total. The summed E-state index contributed by atoms with van der Waals surface area (Å²) in [7, 11) is -0.685. The highest BCUT2D eigenvalue weighted by Crippen LogP contribution is 2.46. The molecule has 0 unspecified atom stereocenters. The summed E-state index contributed by atoms with van der Waals surface area (Å²) < 4.78 is 0. The van der Waals surface area contributed by atoms with Crippen LogP contribution in [-0.4, -0.2) is 38.6 Å². The molecule has 0 saturated carbocycles. The normalized spacial score (nSPS) is 11.6. The fraction of sp³-hybridized carbons (Fsp3) is 0.875. The van der Waals surface area contributed by atoms with Crippen molar-refractivity contribution in [3.05, 3.63) is 12.2 Å². The standard InChI is InChI=1S/C24H48NOP.ClH/c1-5-6-7-8-9-10-11-12-13-14-15-16-17-18-19-21-24(26)25-22-20-23-27(2,3)4;/h12-13H,5-11,14-23H2,1-4H3;1H/b13-12-;. The summed E-state index contributed by atoms with van der Waals surface area (Å²) in [5, 5.41) is 3.07. The summed E-state index contributed by atoms with van der Waals surface area (Å²) in [6, 6.07) is 0. The van der Waals surface area contributed by atoms with Crippen molar-refractivity contribution in [1.29, 1.82) is 0 Å². The lowest BCUT2D eigenvalue weighted by Gasteiger charge is -2.11. The third kappa shape index (κ3) is 25.9. The molecule has 0 aromatic heterocycles. The Labute approximate surface area is 183 Å². The van der Waals surface area contributed by atoms with Gasteiger partial charge in [0.2, 0.25) is 5.91 Å². The van der Waals surface area contributed by atoms with Crippen LogP contribution in [-0.2, 0) is 4.79 Å². The Morgan fingerprint density at radius 1 is 0.750 bits per heavy atom. The molecule has 1 N–H and O–H groups in total. The molecule has 0 aromatic rings. The van der Waals surface area contributed by atoms with E-state index in [4.69, 9.17) is 0 Å². The van der Waals surface area contributed by atoms with E-state index in [2.05, 4.69) is 44.4 Å². The fourth-order valence-corrected chi connectivity index (χ4v) is 4.33. The van der Waals surface area contributed by atoms with Crippen molar-refractivity contribution >= 4 is 13.2 Å². The minimum absolute atomic E-state index is 0. The highest BCUT2D eigenvalue weighted by Gasteiger charge is 2.15. The van der Waals surface area contributed by atoms with E-state index in [9.17, 15) is 4.79 Å². The average Bonchev–Trinajstić information content (AvgIpc) is 2.61. The Bertz CT molecular complexity index is 366. The lowest BCUT2D eigenvalue weighted by atomic mass is 10.1. The molecule has 0 atom stereocenters. The van der Waals surface area contributed by atoms with Crippen molar-refractivity contribution < 1.29 is 17.2 Å². The highest BCUT2D eigenvalue weighted by molar-refractivity contribution is 7.73. The number of carbonyl (C=O) groups is 1. The minimum Gasteiger partial charge on any atom is -1.00 e. The van der Waals surface area contributed by atoms with Gasteiger partial charge in [-0.1, -0.05) is 70.4 Å². The second kappa shape index (κ2) is 21.6. The molecule has 0 aliphatic rings. The van der Waals surface area contributed by atoms with Crippen LogP contribution >= 0.6 is 7.26 Å². The zero-order chi connectivity index (χ0) is 20.2. The monoisotopic (exact) mass is 433 g/mol. The third-order valence-corrected chi connectivity index (χ3v) is 6.65. The first-order chi connectivity index (χ1) is 13.0. The predicted octanol–water partition coefficient (Wildman–Crippen LogP) is 4.44. The van der Waals surface area contributed by atoms with Crippen molar-refractivity contribution in [3.8, 4) is 0 Å². The molecule has 0 aliphatic heterocycles. The van der Waals surface area contributed by atoms with Gasteiger partial charge in [-0.2, -0.15) is 0 Å². The van der Waals surface area contributed by atoms with Crippen LogP contribution in [0, 0.1) is 0 Å². The van der Waals surface area contributed by atoms with E-state index >= 15 is 0 Å². The van der Waals surface area contributed by atoms with E-state index in [1.165, 1.54) is 83.2 Å². The van der Waals surface area contributed by atoms with Crippen LogP contribution in [0.2, 0.25) is 0 Å². The molecule has 0 aromatic carbocycles. The Morgan fingerprint density at radius 2 is 1.25 bits per heavy atom. The number of carbonyl (C=O) groups excluding carboxylic acids is 1. The van der Waals surface area contributed by atoms with Crippen molar-refractivity contribution in [2.45, 2.75) is 103 Å². The number of allylic oxidation sites excluding steroid dienone is 2. The van der Waals surface area contributed by atoms with Gasteiger partial charge in [-0.25, -0.2) is 0 Å². The van der Waals surface area contributed by atoms with Crippen LogP contribution in [0.5, 0.6) is 0 Å². The van der Waals surface area contributed by atoms with Crippen LogP contribution in [0.25, 0.3) is 0 Å². The zero-order valence-electron chi connectivity index (χ0n) is 19.4. The van der Waals surface area contributed by atoms with Gasteiger partial charge in [0.05, 0.1) is 6.16 Å². The first-order valence-corrected chi connectivity index (χ1v) is 15.0. The molecular formula is C24H49ClNOP. The fourth-order valence-electron chi connectivity index (χ4n) is 3.23. The Balaban J connectivity index is 0. The van der Waals surface area contributed by atoms with Crippen LogP contribution in [0.1, 0.15) is 103 Å². The van der Waals surface area contributed by atoms with E-state index in [0.29, 0.717) is 6.42 Å². The molecule has 4 heteroatoms. The number of hydrogen-bond donors (Lipinski definition) is 1. The molecule has 168 valence electrons. The topological polar surface area (TPSA) is 29.1 Å². The van der Waals surface area contributed by atoms with Crippen LogP contribution < -0.4 is 17.7 Å². The van der Waals surface area contributed by atoms with Gasteiger partial charge in [0.1, 0.15) is 0 Å². The highest BCUT2D eigenvalue weighted by atomic mass is 35.5. The van der Waals surface area contributed by atoms with Crippen molar-refractivity contribution in [1.82, 2.24) is 5.32 Å². The second-order valence-corrected chi connectivity index (χ2v) is 14.1. The van der Waals surface area contributed by atoms with Crippen LogP contribution in [0.3, 0.4) is 0 Å². The van der Waals surface area contributed by atoms with Crippen molar-refractivity contribution in [2.24, 2.45) is 0 Å². The van der Waals surface area contributed by atoms with E-state index < -0.39 is 7.26 Å². The Hall–Kier alpha value is -0.0700. The second-order valence-electron chi connectivity index (χ2n) is 9.05. The van der Waals surface area contributed by atoms with Gasteiger partial charge in [0.25, 0.3) is 0 Å². The van der Waals surface area contributed by atoms with Gasteiger partial charge in [0, 0.05) is 40.2 Å². The number of amides is 1. The first-order valence-electron chi connectivity index (χ1n) is 11.7. The average molecular weight is 434 g/mol. The van der Waals surface area contributed by atoms with E-state index in [0.717, 1.165) is 19.4 Å². The lowest BCUT2D eigenvalue weighted by Crippen LogP contribution is -3.00. The number of nitrogens with one attached hydrogen (secondary N) is 1. The Morgan fingerprint density at radius 3 is 1.79 bits per heavy atom. The van der Waals surface area contributed by atoms with Crippen molar-refractivity contribution in [3.63, 3.8) is 0 Å². The quantitative estimate of drug-likeness (QED) is 0.182. The molecule has 0 fully saturated rings. The Kier molecular flexibility index (Phi) is 23.3. The first kappa shape index (κ1) is 30.1. The zero-order valence-corrected chi connectivity index (χ0v) is 21.1. The van der Waals surface area contributed by atoms with Gasteiger partial charge in [-0.3, -0.25) is 4.79 Å². The maximum atomic E-state index is 11.8. The smallest absolute Gasteiger partial charge is 0.219 e. The molecule has 1 amide bonds. The minimum atomic E-state index is -0.685. The lowest BCUT2D eigenvalue weighted by molar-refractivity contribution is -0.121. The molecule has 28 heavy (non-hydrogen) atoms. The van der Waals surface area contributed by atoms with Crippen molar-refractivity contribution in [2.75, 3.05) is 32.7 Å². The van der Waals surface area contributed by atoms with Gasteiger partial charge < -0.3 is 17.7 Å². The molecule has 0 aliphatic carbocycles. The molecule has 0 bridgehead atoms. The summed E-state index contributed by atoms with van der Waals surface area (Å²) in [5.74, 6) is 0.250. The summed E-state index contributed by atoms with van der Waals surface area (Å²) >= 11 is 0. The summed E-state index contributed by atoms with van der Waals surface area (Å²) in [6.45, 7) is 10.2. The number of rotatable bonds is 19. The summed E-state index contributed by atoms with van der Waals surface area (Å²) in [5.41, 5.74) is 0. The van der Waals surface area contributed by atoms with E-state index in [-0.39, 0.29) is 18.3 Å². The summed E-state index contributed by atoms with van der Waals surface area (Å²) in [4.78, 5) is 11.8. The molecule has 0 heterocycles. The third-order valence-electron chi connectivity index (χ3n) is 4.99. The number of halogens is 1. The SMILES string of the molecule is CCCCCCCC/C=C\CCCCCCCC(=O)NCCC[P+](C)(C)C.[Cl-]. The van der Waals surface area contributed by atoms with Gasteiger partial charge >= 0.3 is 0 Å². The molecule has 0 saturated heterocycles.